The molecule has 1 N–H and O–H groups in total. The van der Waals surface area contributed by atoms with Crippen LogP contribution in [0.25, 0.3) is 16.9 Å². The van der Waals surface area contributed by atoms with E-state index < -0.39 is 22.8 Å². The molecular formula is C21H15F3N6O3. The van der Waals surface area contributed by atoms with Gasteiger partial charge in [0.25, 0.3) is 11.6 Å². The minimum atomic E-state index is -4.74. The highest BCUT2D eigenvalue weighted by Gasteiger charge is 2.38. The fourth-order valence-corrected chi connectivity index (χ4v) is 3.38. The number of nitro groups is 1. The van der Waals surface area contributed by atoms with Gasteiger partial charge >= 0.3 is 6.18 Å². The summed E-state index contributed by atoms with van der Waals surface area (Å²) in [4.78, 5) is 34.9. The van der Waals surface area contributed by atoms with Crippen LogP contribution in [0.15, 0.2) is 48.8 Å². The van der Waals surface area contributed by atoms with E-state index in [1.54, 1.807) is 13.0 Å². The average molecular weight is 456 g/mol. The van der Waals surface area contributed by atoms with E-state index in [1.807, 2.05) is 0 Å². The Hall–Kier alpha value is -4.35. The van der Waals surface area contributed by atoms with E-state index in [9.17, 15) is 28.1 Å². The number of carbonyl (C=O) groups excluding carboxylic acids is 1. The Morgan fingerprint density at radius 2 is 1.88 bits per heavy atom. The first-order valence-corrected chi connectivity index (χ1v) is 9.50. The van der Waals surface area contributed by atoms with Crippen LogP contribution in [0.3, 0.4) is 0 Å². The number of para-hydroxylation sites is 1. The number of aromatic nitrogens is 4. The molecule has 12 heteroatoms. The summed E-state index contributed by atoms with van der Waals surface area (Å²) in [5.74, 6) is -2.21. The second-order valence-corrected chi connectivity index (χ2v) is 7.20. The summed E-state index contributed by atoms with van der Waals surface area (Å²) in [6.45, 7) is 3.24. The van der Waals surface area contributed by atoms with Crippen molar-refractivity contribution in [3.05, 3.63) is 81.4 Å². The number of hydrogen-bond donors (Lipinski definition) is 1. The van der Waals surface area contributed by atoms with Gasteiger partial charge in [-0.25, -0.2) is 15.0 Å². The summed E-state index contributed by atoms with van der Waals surface area (Å²) >= 11 is 0. The molecule has 4 aromatic rings. The smallest absolute Gasteiger partial charge is 0.305 e. The predicted molar refractivity (Wildman–Crippen MR) is 112 cm³/mol. The number of anilines is 1. The Morgan fingerprint density at radius 1 is 1.12 bits per heavy atom. The molecule has 2 aromatic carbocycles. The van der Waals surface area contributed by atoms with Gasteiger partial charge in [0, 0.05) is 5.56 Å². The highest BCUT2D eigenvalue weighted by Crippen LogP contribution is 2.33. The number of amides is 1. The van der Waals surface area contributed by atoms with Crippen molar-refractivity contribution in [1.29, 1.82) is 0 Å². The predicted octanol–water partition coefficient (Wildman–Crippen LogP) is 4.61. The average Bonchev–Trinajstić information content (AvgIpc) is 3.13. The topological polar surface area (TPSA) is 116 Å². The Kier molecular flexibility index (Phi) is 5.28. The van der Waals surface area contributed by atoms with E-state index in [4.69, 9.17) is 0 Å². The molecule has 2 heterocycles. The number of alkyl halides is 3. The van der Waals surface area contributed by atoms with Crippen LogP contribution in [0, 0.1) is 24.0 Å². The molecule has 0 atom stereocenters. The molecule has 0 aliphatic rings. The van der Waals surface area contributed by atoms with Gasteiger partial charge in [0.15, 0.2) is 11.6 Å². The van der Waals surface area contributed by atoms with Gasteiger partial charge in [-0.1, -0.05) is 18.2 Å². The molecule has 168 valence electrons. The van der Waals surface area contributed by atoms with Crippen molar-refractivity contribution in [2.45, 2.75) is 20.0 Å². The highest BCUT2D eigenvalue weighted by molar-refractivity contribution is 6.06. The van der Waals surface area contributed by atoms with Crippen LogP contribution in [0.5, 0.6) is 0 Å². The van der Waals surface area contributed by atoms with Crippen LogP contribution in [0.2, 0.25) is 0 Å². The van der Waals surface area contributed by atoms with E-state index in [2.05, 4.69) is 20.3 Å². The first-order chi connectivity index (χ1) is 15.6. The van der Waals surface area contributed by atoms with Gasteiger partial charge in [0.1, 0.15) is 5.56 Å². The zero-order valence-corrected chi connectivity index (χ0v) is 17.2. The molecule has 0 aliphatic carbocycles. The molecular weight excluding hydrogens is 441 g/mol. The van der Waals surface area contributed by atoms with Gasteiger partial charge in [0.2, 0.25) is 5.82 Å². The van der Waals surface area contributed by atoms with Crippen LogP contribution in [0.1, 0.15) is 27.3 Å². The van der Waals surface area contributed by atoms with Crippen molar-refractivity contribution in [2.75, 3.05) is 5.32 Å². The lowest BCUT2D eigenvalue weighted by Gasteiger charge is -2.11. The lowest BCUT2D eigenvalue weighted by molar-refractivity contribution is -0.385. The number of nitrogens with one attached hydrogen (secondary N) is 1. The van der Waals surface area contributed by atoms with Crippen LogP contribution in [-0.2, 0) is 6.18 Å². The van der Waals surface area contributed by atoms with Crippen molar-refractivity contribution in [1.82, 2.24) is 19.5 Å². The van der Waals surface area contributed by atoms with Crippen LogP contribution in [0.4, 0.5) is 24.7 Å². The lowest BCUT2D eigenvalue weighted by atomic mass is 10.1. The maximum atomic E-state index is 13.6. The van der Waals surface area contributed by atoms with E-state index in [0.717, 1.165) is 22.5 Å². The van der Waals surface area contributed by atoms with Crippen molar-refractivity contribution >= 4 is 28.4 Å². The highest BCUT2D eigenvalue weighted by atomic mass is 19.4. The number of benzene rings is 2. The number of halogens is 3. The molecule has 0 spiro atoms. The van der Waals surface area contributed by atoms with Gasteiger partial charge in [-0.15, -0.1) is 0 Å². The third-order valence-corrected chi connectivity index (χ3v) is 4.84. The molecule has 2 aromatic heterocycles. The monoisotopic (exact) mass is 456 g/mol. The second-order valence-electron chi connectivity index (χ2n) is 7.20. The van der Waals surface area contributed by atoms with Crippen LogP contribution < -0.4 is 5.32 Å². The third-order valence-electron chi connectivity index (χ3n) is 4.84. The van der Waals surface area contributed by atoms with Crippen molar-refractivity contribution in [3.63, 3.8) is 0 Å². The maximum Gasteiger partial charge on any atom is 0.450 e. The molecule has 0 bridgehead atoms. The molecule has 0 unspecified atom stereocenters. The van der Waals surface area contributed by atoms with Gasteiger partial charge in [-0.05, 0) is 37.6 Å². The Balaban J connectivity index is 1.69. The number of hydrogen-bond acceptors (Lipinski definition) is 6. The molecule has 9 nitrogen and oxygen atoms in total. The van der Waals surface area contributed by atoms with E-state index in [-0.39, 0.29) is 33.9 Å². The van der Waals surface area contributed by atoms with Crippen molar-refractivity contribution in [2.24, 2.45) is 0 Å². The largest absolute Gasteiger partial charge is 0.450 e. The fraction of sp³-hybridized carbons (Fsp3) is 0.143. The molecule has 0 fully saturated rings. The number of fused-ring (bicyclic) bond motifs is 1. The van der Waals surface area contributed by atoms with E-state index in [0.29, 0.717) is 5.56 Å². The summed E-state index contributed by atoms with van der Waals surface area (Å²) in [7, 11) is 0. The number of rotatable bonds is 4. The number of nitro benzene ring substituents is 1. The van der Waals surface area contributed by atoms with Crippen molar-refractivity contribution < 1.29 is 22.9 Å². The number of imidazole rings is 1. The minimum absolute atomic E-state index is 0.0895. The summed E-state index contributed by atoms with van der Waals surface area (Å²) in [6.07, 6.45) is -2.63. The zero-order valence-electron chi connectivity index (χ0n) is 17.2. The van der Waals surface area contributed by atoms with E-state index >= 15 is 0 Å². The number of nitrogens with zero attached hydrogens (tertiary/aromatic N) is 5. The van der Waals surface area contributed by atoms with Gasteiger partial charge in [-0.2, -0.15) is 13.2 Å². The Morgan fingerprint density at radius 3 is 2.52 bits per heavy atom. The Bertz CT molecular complexity index is 1400. The molecule has 0 saturated carbocycles. The summed E-state index contributed by atoms with van der Waals surface area (Å²) < 4.78 is 41.6. The number of carbonyl (C=O) groups is 1. The first-order valence-electron chi connectivity index (χ1n) is 9.50. The first kappa shape index (κ1) is 21.9. The SMILES string of the molecule is Cc1ccc2c(c1)nc(C(F)(F)F)n2-c1cnc(NC(=O)c2cccc(C)c2[N+](=O)[O-])cn1. The third kappa shape index (κ3) is 4.10. The normalized spacial score (nSPS) is 11.5. The fourth-order valence-electron chi connectivity index (χ4n) is 3.38. The molecule has 0 saturated heterocycles. The van der Waals surface area contributed by atoms with Crippen LogP contribution >= 0.6 is 0 Å². The zero-order chi connectivity index (χ0) is 23.9. The quantitative estimate of drug-likeness (QED) is 0.354. The molecule has 4 rings (SSSR count). The van der Waals surface area contributed by atoms with E-state index in [1.165, 1.54) is 37.3 Å². The number of aryl methyl sites for hydroxylation is 2. The van der Waals surface area contributed by atoms with Gasteiger partial charge in [-0.3, -0.25) is 19.5 Å². The lowest BCUT2D eigenvalue weighted by Crippen LogP contribution is -2.17. The second kappa shape index (κ2) is 7.97. The standard InChI is InChI=1S/C21H15F3N6O3/c1-11-6-7-15-14(8-11)27-20(21(22,23)24)29(15)17-10-25-16(9-26-17)28-19(31)13-5-3-4-12(2)18(13)30(32)33/h3-10H,1-2H3,(H,25,28,31). The van der Waals surface area contributed by atoms with Crippen LogP contribution in [-0.4, -0.2) is 30.3 Å². The minimum Gasteiger partial charge on any atom is -0.305 e. The maximum absolute atomic E-state index is 13.6. The molecule has 0 aliphatic heterocycles. The molecule has 33 heavy (non-hydrogen) atoms. The van der Waals surface area contributed by atoms with Gasteiger partial charge in [0.05, 0.1) is 28.4 Å². The Labute approximate surface area is 184 Å². The summed E-state index contributed by atoms with van der Waals surface area (Å²) in [5, 5.41) is 13.7. The molecule has 0 radical (unpaired) electrons. The molecule has 1 amide bonds. The summed E-state index contributed by atoms with van der Waals surface area (Å²) in [5.41, 5.74) is 0.852. The van der Waals surface area contributed by atoms with Gasteiger partial charge < -0.3 is 5.32 Å². The van der Waals surface area contributed by atoms with Crippen molar-refractivity contribution in [3.8, 4) is 5.82 Å². The summed E-state index contributed by atoms with van der Waals surface area (Å²) in [6, 6.07) is 8.96.